The van der Waals surface area contributed by atoms with E-state index in [4.69, 9.17) is 11.6 Å². The summed E-state index contributed by atoms with van der Waals surface area (Å²) in [4.78, 5) is 17.4. The van der Waals surface area contributed by atoms with Crippen LogP contribution in [-0.4, -0.2) is 15.5 Å². The first-order chi connectivity index (χ1) is 13.5. The highest BCUT2D eigenvalue weighted by Crippen LogP contribution is 2.29. The van der Waals surface area contributed by atoms with Crippen molar-refractivity contribution in [1.29, 1.82) is 0 Å². The molecule has 0 spiro atoms. The Morgan fingerprint density at radius 1 is 1.07 bits per heavy atom. The van der Waals surface area contributed by atoms with Crippen LogP contribution in [0.1, 0.15) is 35.4 Å². The van der Waals surface area contributed by atoms with E-state index in [1.807, 2.05) is 16.7 Å². The molecule has 1 aromatic heterocycles. The van der Waals surface area contributed by atoms with Gasteiger partial charge in [-0.15, -0.1) is 0 Å². The van der Waals surface area contributed by atoms with Gasteiger partial charge in [0.2, 0.25) is 0 Å². The number of imidazole rings is 1. The van der Waals surface area contributed by atoms with Crippen molar-refractivity contribution in [2.45, 2.75) is 32.2 Å². The average Bonchev–Trinajstić information content (AvgIpc) is 2.87. The van der Waals surface area contributed by atoms with Gasteiger partial charge < -0.3 is 9.88 Å². The first-order valence-corrected chi connectivity index (χ1v) is 9.52. The van der Waals surface area contributed by atoms with Crippen molar-refractivity contribution in [2.24, 2.45) is 0 Å². The Morgan fingerprint density at radius 3 is 2.64 bits per heavy atom. The highest BCUT2D eigenvalue weighted by molar-refractivity contribution is 6.30. The van der Waals surface area contributed by atoms with Crippen LogP contribution < -0.4 is 5.32 Å². The van der Waals surface area contributed by atoms with Crippen molar-refractivity contribution < 1.29 is 13.6 Å². The summed E-state index contributed by atoms with van der Waals surface area (Å²) in [6, 6.07) is 10.2. The molecule has 0 fully saturated rings. The molecule has 0 atom stereocenters. The number of fused-ring (bicyclic) bond motifs is 1. The smallest absolute Gasteiger partial charge is 0.276 e. The second kappa shape index (κ2) is 7.72. The van der Waals surface area contributed by atoms with Gasteiger partial charge in [-0.05, 0) is 55.7 Å². The lowest BCUT2D eigenvalue weighted by molar-refractivity contribution is 0.102. The highest BCUT2D eigenvalue weighted by atomic mass is 35.5. The van der Waals surface area contributed by atoms with Gasteiger partial charge in [0.1, 0.15) is 23.2 Å². The van der Waals surface area contributed by atoms with Crippen molar-refractivity contribution in [3.8, 4) is 11.4 Å². The van der Waals surface area contributed by atoms with E-state index in [0.29, 0.717) is 17.3 Å². The van der Waals surface area contributed by atoms with E-state index in [1.165, 1.54) is 0 Å². The molecule has 7 heteroatoms. The zero-order chi connectivity index (χ0) is 19.7. The van der Waals surface area contributed by atoms with Gasteiger partial charge in [0.15, 0.2) is 0 Å². The van der Waals surface area contributed by atoms with Crippen molar-refractivity contribution in [1.82, 2.24) is 9.55 Å². The van der Waals surface area contributed by atoms with E-state index in [1.54, 1.807) is 12.1 Å². The third-order valence-electron chi connectivity index (χ3n) is 4.86. The lowest BCUT2D eigenvalue weighted by Gasteiger charge is -2.09. The minimum Gasteiger partial charge on any atom is -0.327 e. The molecule has 0 saturated carbocycles. The zero-order valence-corrected chi connectivity index (χ0v) is 15.8. The Hall–Kier alpha value is -2.73. The topological polar surface area (TPSA) is 46.9 Å². The lowest BCUT2D eigenvalue weighted by atomic mass is 10.1. The zero-order valence-electron chi connectivity index (χ0n) is 15.0. The summed E-state index contributed by atoms with van der Waals surface area (Å²) < 4.78 is 29.4. The number of amides is 1. The van der Waals surface area contributed by atoms with Crippen molar-refractivity contribution in [2.75, 3.05) is 5.32 Å². The Kier molecular flexibility index (Phi) is 5.13. The molecule has 2 heterocycles. The molecule has 1 aliphatic heterocycles. The van der Waals surface area contributed by atoms with E-state index in [0.717, 1.165) is 55.3 Å². The van der Waals surface area contributed by atoms with Gasteiger partial charge in [0.05, 0.1) is 11.4 Å². The van der Waals surface area contributed by atoms with Gasteiger partial charge in [0.25, 0.3) is 5.91 Å². The minimum atomic E-state index is -0.696. The van der Waals surface area contributed by atoms with Gasteiger partial charge in [0, 0.05) is 23.2 Å². The van der Waals surface area contributed by atoms with Crippen LogP contribution in [0, 0.1) is 11.6 Å². The molecule has 0 bridgehead atoms. The Morgan fingerprint density at radius 2 is 1.86 bits per heavy atom. The summed E-state index contributed by atoms with van der Waals surface area (Å²) in [7, 11) is 0. The SMILES string of the molecule is O=C(Nc1cc(F)ccc1F)c1nc(-c2ccc(Cl)cc2)n2c1CCCCC2. The summed E-state index contributed by atoms with van der Waals surface area (Å²) in [6.45, 7) is 0.752. The van der Waals surface area contributed by atoms with Crippen LogP contribution in [0.3, 0.4) is 0 Å². The molecule has 0 unspecified atom stereocenters. The molecule has 1 aliphatic rings. The summed E-state index contributed by atoms with van der Waals surface area (Å²) >= 11 is 5.98. The van der Waals surface area contributed by atoms with E-state index in [-0.39, 0.29) is 11.4 Å². The number of hydrogen-bond acceptors (Lipinski definition) is 2. The first kappa shape index (κ1) is 18.6. The maximum atomic E-state index is 13.9. The summed E-state index contributed by atoms with van der Waals surface area (Å²) in [5, 5.41) is 3.08. The van der Waals surface area contributed by atoms with Gasteiger partial charge in [-0.2, -0.15) is 0 Å². The molecule has 3 aromatic rings. The molecule has 28 heavy (non-hydrogen) atoms. The van der Waals surface area contributed by atoms with E-state index in [2.05, 4.69) is 10.3 Å². The number of hydrogen-bond donors (Lipinski definition) is 1. The van der Waals surface area contributed by atoms with Gasteiger partial charge in [-0.25, -0.2) is 13.8 Å². The first-order valence-electron chi connectivity index (χ1n) is 9.14. The van der Waals surface area contributed by atoms with Crippen LogP contribution >= 0.6 is 11.6 Å². The summed E-state index contributed by atoms with van der Waals surface area (Å²) in [5.41, 5.74) is 1.71. The van der Waals surface area contributed by atoms with E-state index < -0.39 is 17.5 Å². The van der Waals surface area contributed by atoms with Gasteiger partial charge in [-0.1, -0.05) is 18.0 Å². The molecule has 4 nitrogen and oxygen atoms in total. The fourth-order valence-corrected chi connectivity index (χ4v) is 3.62. The van der Waals surface area contributed by atoms with Crippen LogP contribution in [0.25, 0.3) is 11.4 Å². The number of halogens is 3. The number of aromatic nitrogens is 2. The molecule has 0 aliphatic carbocycles. The molecule has 4 rings (SSSR count). The van der Waals surface area contributed by atoms with Crippen LogP contribution in [0.4, 0.5) is 14.5 Å². The predicted octanol–water partition coefficient (Wildman–Crippen LogP) is 5.46. The molecular weight excluding hydrogens is 384 g/mol. The van der Waals surface area contributed by atoms with E-state index >= 15 is 0 Å². The van der Waals surface area contributed by atoms with Crippen LogP contribution in [0.15, 0.2) is 42.5 Å². The van der Waals surface area contributed by atoms with Crippen LogP contribution in [-0.2, 0) is 13.0 Å². The standard InChI is InChI=1S/C21H18ClF2N3O/c22-14-7-5-13(6-8-14)20-26-19(18-4-2-1-3-11-27(18)20)21(28)25-17-12-15(23)9-10-16(17)24/h5-10,12H,1-4,11H2,(H,25,28). The van der Waals surface area contributed by atoms with Gasteiger partial charge >= 0.3 is 0 Å². The number of nitrogens with one attached hydrogen (secondary N) is 1. The van der Waals surface area contributed by atoms with Crippen molar-refractivity contribution >= 4 is 23.2 Å². The molecule has 1 N–H and O–H groups in total. The molecule has 0 saturated heterocycles. The minimum absolute atomic E-state index is 0.201. The fourth-order valence-electron chi connectivity index (χ4n) is 3.50. The largest absolute Gasteiger partial charge is 0.327 e. The van der Waals surface area contributed by atoms with Crippen molar-refractivity contribution in [3.63, 3.8) is 0 Å². The number of benzene rings is 2. The molecule has 144 valence electrons. The van der Waals surface area contributed by atoms with Gasteiger partial charge in [-0.3, -0.25) is 4.79 Å². The summed E-state index contributed by atoms with van der Waals surface area (Å²) in [6.07, 6.45) is 3.69. The Labute approximate surface area is 166 Å². The lowest BCUT2D eigenvalue weighted by Crippen LogP contribution is -2.16. The molecule has 0 radical (unpaired) electrons. The Balaban J connectivity index is 1.75. The number of anilines is 1. The Bertz CT molecular complexity index is 1030. The maximum absolute atomic E-state index is 13.9. The number of nitrogens with zero attached hydrogens (tertiary/aromatic N) is 2. The number of rotatable bonds is 3. The normalized spacial score (nSPS) is 13.7. The quantitative estimate of drug-likeness (QED) is 0.633. The molecular formula is C21H18ClF2N3O. The fraction of sp³-hybridized carbons (Fsp3) is 0.238. The van der Waals surface area contributed by atoms with Crippen molar-refractivity contribution in [3.05, 3.63) is 70.5 Å². The second-order valence-electron chi connectivity index (χ2n) is 6.78. The summed E-state index contributed by atoms with van der Waals surface area (Å²) in [5.74, 6) is -1.19. The monoisotopic (exact) mass is 401 g/mol. The second-order valence-corrected chi connectivity index (χ2v) is 7.21. The van der Waals surface area contributed by atoms with Crippen LogP contribution in [0.5, 0.6) is 0 Å². The number of carbonyl (C=O) groups is 1. The maximum Gasteiger partial charge on any atom is 0.276 e. The predicted molar refractivity (Wildman–Crippen MR) is 105 cm³/mol. The van der Waals surface area contributed by atoms with E-state index in [9.17, 15) is 13.6 Å². The molecule has 1 amide bonds. The third kappa shape index (κ3) is 3.64. The van der Waals surface area contributed by atoms with Crippen LogP contribution in [0.2, 0.25) is 5.02 Å². The average molecular weight is 402 g/mol. The highest BCUT2D eigenvalue weighted by Gasteiger charge is 2.25. The number of carbonyl (C=O) groups excluding carboxylic acids is 1. The molecule has 2 aromatic carbocycles. The third-order valence-corrected chi connectivity index (χ3v) is 5.11.